The van der Waals surface area contributed by atoms with Crippen molar-refractivity contribution in [2.75, 3.05) is 13.1 Å². The second-order valence-corrected chi connectivity index (χ2v) is 3.68. The average Bonchev–Trinajstić information content (AvgIpc) is 2.20. The zero-order valence-corrected chi connectivity index (χ0v) is 9.24. The lowest BCUT2D eigenvalue weighted by Crippen LogP contribution is -2.17. The summed E-state index contributed by atoms with van der Waals surface area (Å²) in [5.74, 6) is -0.241. The monoisotopic (exact) mass is 226 g/mol. The molecule has 0 fully saturated rings. The highest BCUT2D eigenvalue weighted by atomic mass is 35.5. The van der Waals surface area contributed by atoms with E-state index in [0.717, 1.165) is 5.56 Å². The van der Waals surface area contributed by atoms with E-state index in [4.69, 9.17) is 16.9 Å². The molecule has 1 rings (SSSR count). The molecule has 1 N–H and O–H groups in total. The van der Waals surface area contributed by atoms with Crippen LogP contribution in [0.2, 0.25) is 5.02 Å². The van der Waals surface area contributed by atoms with E-state index in [1.54, 1.807) is 13.0 Å². The third-order valence-electron chi connectivity index (χ3n) is 2.10. The van der Waals surface area contributed by atoms with Gasteiger partial charge in [0, 0.05) is 11.6 Å². The van der Waals surface area contributed by atoms with Crippen LogP contribution in [0.25, 0.3) is 0 Å². The van der Waals surface area contributed by atoms with Crippen molar-refractivity contribution < 1.29 is 4.39 Å². The van der Waals surface area contributed by atoms with Gasteiger partial charge in [0.25, 0.3) is 0 Å². The van der Waals surface area contributed by atoms with Crippen LogP contribution in [0, 0.1) is 24.1 Å². The molecule has 0 aromatic heterocycles. The number of hydrogen-bond acceptors (Lipinski definition) is 2. The first kappa shape index (κ1) is 12.0. The largest absolute Gasteiger partial charge is 0.304 e. The first-order valence-electron chi connectivity index (χ1n) is 4.67. The number of benzene rings is 1. The molecule has 0 bridgehead atoms. The fourth-order valence-corrected chi connectivity index (χ4v) is 1.56. The van der Waals surface area contributed by atoms with Gasteiger partial charge >= 0.3 is 0 Å². The van der Waals surface area contributed by atoms with Crippen LogP contribution in [0.1, 0.15) is 11.1 Å². The van der Waals surface area contributed by atoms with E-state index in [1.807, 2.05) is 6.07 Å². The molecule has 0 unspecified atom stereocenters. The van der Waals surface area contributed by atoms with Crippen molar-refractivity contribution in [3.63, 3.8) is 0 Å². The summed E-state index contributed by atoms with van der Waals surface area (Å²) >= 11 is 5.95. The SMILES string of the molecule is Cc1cc(Cl)c(CCNCC#N)cc1F. The summed E-state index contributed by atoms with van der Waals surface area (Å²) in [6.45, 7) is 2.60. The van der Waals surface area contributed by atoms with Crippen molar-refractivity contribution in [1.29, 1.82) is 5.26 Å². The highest BCUT2D eigenvalue weighted by molar-refractivity contribution is 6.31. The Morgan fingerprint density at radius 3 is 2.93 bits per heavy atom. The maximum Gasteiger partial charge on any atom is 0.126 e. The predicted molar refractivity (Wildman–Crippen MR) is 58.3 cm³/mol. The van der Waals surface area contributed by atoms with Crippen molar-refractivity contribution in [1.82, 2.24) is 5.32 Å². The summed E-state index contributed by atoms with van der Waals surface area (Å²) in [4.78, 5) is 0. The van der Waals surface area contributed by atoms with Gasteiger partial charge in [-0.1, -0.05) is 11.6 Å². The summed E-state index contributed by atoms with van der Waals surface area (Å²) < 4.78 is 13.2. The van der Waals surface area contributed by atoms with Crippen LogP contribution in [0.3, 0.4) is 0 Å². The molecule has 0 spiro atoms. The number of nitrogens with one attached hydrogen (secondary N) is 1. The molecule has 4 heteroatoms. The predicted octanol–water partition coefficient (Wildman–Crippen LogP) is 2.44. The van der Waals surface area contributed by atoms with Crippen LogP contribution in [0.4, 0.5) is 4.39 Å². The first-order valence-corrected chi connectivity index (χ1v) is 5.05. The highest BCUT2D eigenvalue weighted by Crippen LogP contribution is 2.20. The molecular weight excluding hydrogens is 215 g/mol. The lowest BCUT2D eigenvalue weighted by atomic mass is 10.1. The Hall–Kier alpha value is -1.11. The van der Waals surface area contributed by atoms with E-state index in [-0.39, 0.29) is 5.82 Å². The molecule has 0 amide bonds. The molecule has 0 radical (unpaired) electrons. The van der Waals surface area contributed by atoms with E-state index in [2.05, 4.69) is 5.32 Å². The maximum atomic E-state index is 13.2. The van der Waals surface area contributed by atoms with Gasteiger partial charge in [0.2, 0.25) is 0 Å². The Kier molecular flexibility index (Phi) is 4.54. The van der Waals surface area contributed by atoms with E-state index in [9.17, 15) is 4.39 Å². The van der Waals surface area contributed by atoms with Gasteiger partial charge < -0.3 is 5.32 Å². The van der Waals surface area contributed by atoms with Crippen molar-refractivity contribution in [2.45, 2.75) is 13.3 Å². The quantitative estimate of drug-likeness (QED) is 0.632. The smallest absolute Gasteiger partial charge is 0.126 e. The topological polar surface area (TPSA) is 35.8 Å². The van der Waals surface area contributed by atoms with Crippen LogP contribution < -0.4 is 5.32 Å². The molecule has 0 aliphatic rings. The zero-order valence-electron chi connectivity index (χ0n) is 8.48. The molecule has 0 aliphatic carbocycles. The van der Waals surface area contributed by atoms with E-state index in [0.29, 0.717) is 30.1 Å². The summed E-state index contributed by atoms with van der Waals surface area (Å²) in [6, 6.07) is 5.04. The van der Waals surface area contributed by atoms with Gasteiger partial charge in [0.05, 0.1) is 12.6 Å². The molecule has 15 heavy (non-hydrogen) atoms. The highest BCUT2D eigenvalue weighted by Gasteiger charge is 2.05. The molecular formula is C11H12ClFN2. The van der Waals surface area contributed by atoms with E-state index >= 15 is 0 Å². The zero-order chi connectivity index (χ0) is 11.3. The maximum absolute atomic E-state index is 13.2. The Labute approximate surface area is 93.7 Å². The molecule has 2 nitrogen and oxygen atoms in total. The van der Waals surface area contributed by atoms with Gasteiger partial charge in [0.1, 0.15) is 5.82 Å². The lowest BCUT2D eigenvalue weighted by molar-refractivity contribution is 0.615. The van der Waals surface area contributed by atoms with Crippen LogP contribution in [-0.2, 0) is 6.42 Å². The van der Waals surface area contributed by atoms with Crippen LogP contribution >= 0.6 is 11.6 Å². The van der Waals surface area contributed by atoms with Crippen LogP contribution in [-0.4, -0.2) is 13.1 Å². The summed E-state index contributed by atoms with van der Waals surface area (Å²) in [5, 5.41) is 11.8. The minimum atomic E-state index is -0.241. The van der Waals surface area contributed by atoms with Crippen LogP contribution in [0.5, 0.6) is 0 Å². The van der Waals surface area contributed by atoms with Gasteiger partial charge in [-0.3, -0.25) is 0 Å². The summed E-state index contributed by atoms with van der Waals surface area (Å²) in [6.07, 6.45) is 0.623. The van der Waals surface area contributed by atoms with Gasteiger partial charge in [-0.2, -0.15) is 5.26 Å². The van der Waals surface area contributed by atoms with Gasteiger partial charge in [-0.05, 0) is 36.6 Å². The number of rotatable bonds is 4. The van der Waals surface area contributed by atoms with Crippen LogP contribution in [0.15, 0.2) is 12.1 Å². The Balaban J connectivity index is 2.62. The summed E-state index contributed by atoms with van der Waals surface area (Å²) in [5.41, 5.74) is 1.32. The molecule has 0 atom stereocenters. The molecule has 0 heterocycles. The standard InChI is InChI=1S/C11H12ClFN2/c1-8-6-10(12)9(7-11(8)13)2-4-15-5-3-14/h6-7,15H,2,4-5H2,1H3. The molecule has 80 valence electrons. The van der Waals surface area contributed by atoms with Crippen molar-refractivity contribution in [2.24, 2.45) is 0 Å². The number of nitrogens with zero attached hydrogens (tertiary/aromatic N) is 1. The third kappa shape index (κ3) is 3.50. The van der Waals surface area contributed by atoms with Gasteiger partial charge in [-0.25, -0.2) is 4.39 Å². The number of nitriles is 1. The van der Waals surface area contributed by atoms with E-state index < -0.39 is 0 Å². The second kappa shape index (κ2) is 5.69. The minimum absolute atomic E-state index is 0.241. The van der Waals surface area contributed by atoms with Gasteiger partial charge in [-0.15, -0.1) is 0 Å². The minimum Gasteiger partial charge on any atom is -0.304 e. The molecule has 0 saturated heterocycles. The number of hydrogen-bond donors (Lipinski definition) is 1. The first-order chi connectivity index (χ1) is 7.15. The van der Waals surface area contributed by atoms with E-state index in [1.165, 1.54) is 6.07 Å². The second-order valence-electron chi connectivity index (χ2n) is 3.28. The number of aryl methyl sites for hydroxylation is 1. The molecule has 0 saturated carbocycles. The van der Waals surface area contributed by atoms with Gasteiger partial charge in [0.15, 0.2) is 0 Å². The van der Waals surface area contributed by atoms with Crippen molar-refractivity contribution in [3.05, 3.63) is 34.1 Å². The number of halogens is 2. The lowest BCUT2D eigenvalue weighted by Gasteiger charge is -2.06. The third-order valence-corrected chi connectivity index (χ3v) is 2.45. The Morgan fingerprint density at radius 2 is 2.27 bits per heavy atom. The van der Waals surface area contributed by atoms with Crippen molar-refractivity contribution in [3.8, 4) is 6.07 Å². The molecule has 1 aromatic carbocycles. The fourth-order valence-electron chi connectivity index (χ4n) is 1.25. The average molecular weight is 227 g/mol. The summed E-state index contributed by atoms with van der Waals surface area (Å²) in [7, 11) is 0. The Bertz CT molecular complexity index is 385. The Morgan fingerprint density at radius 1 is 1.53 bits per heavy atom. The normalized spacial score (nSPS) is 10.0. The van der Waals surface area contributed by atoms with Crippen molar-refractivity contribution >= 4 is 11.6 Å². The fraction of sp³-hybridized carbons (Fsp3) is 0.364. The molecule has 1 aromatic rings. The molecule has 0 aliphatic heterocycles.